The smallest absolute Gasteiger partial charge is 0.410 e. The molecule has 5 rings (SSSR count). The highest BCUT2D eigenvalue weighted by molar-refractivity contribution is 5.77. The van der Waals surface area contributed by atoms with E-state index in [2.05, 4.69) is 20.3 Å². The molecule has 0 saturated heterocycles. The molecule has 0 saturated carbocycles. The van der Waals surface area contributed by atoms with Crippen molar-refractivity contribution in [1.29, 1.82) is 0 Å². The molecule has 4 heterocycles. The van der Waals surface area contributed by atoms with E-state index in [1.165, 1.54) is 23.0 Å². The van der Waals surface area contributed by atoms with Crippen LogP contribution in [-0.2, 0) is 17.7 Å². The van der Waals surface area contributed by atoms with E-state index in [9.17, 15) is 14.0 Å². The zero-order chi connectivity index (χ0) is 27.2. The van der Waals surface area contributed by atoms with Crippen LogP contribution in [0.2, 0.25) is 0 Å². The summed E-state index contributed by atoms with van der Waals surface area (Å²) in [4.78, 5) is 40.5. The summed E-state index contributed by atoms with van der Waals surface area (Å²) in [6.45, 7) is 10.4. The lowest BCUT2D eigenvalue weighted by Crippen LogP contribution is -2.39. The number of benzene rings is 1. The van der Waals surface area contributed by atoms with Gasteiger partial charge in [0.2, 0.25) is 5.95 Å². The monoisotopic (exact) mass is 519 g/mol. The predicted molar refractivity (Wildman–Crippen MR) is 141 cm³/mol. The van der Waals surface area contributed by atoms with Crippen LogP contribution in [0.5, 0.6) is 0 Å². The second-order valence-electron chi connectivity index (χ2n) is 10.6. The fourth-order valence-corrected chi connectivity index (χ4v) is 4.48. The van der Waals surface area contributed by atoms with E-state index in [0.29, 0.717) is 42.3 Å². The molecule has 38 heavy (non-hydrogen) atoms. The summed E-state index contributed by atoms with van der Waals surface area (Å²) in [5.74, 6) is 0.211. The van der Waals surface area contributed by atoms with Crippen LogP contribution in [0.4, 0.5) is 20.8 Å². The highest BCUT2D eigenvalue weighted by atomic mass is 19.1. The number of nitrogens with zero attached hydrogens (tertiary/aromatic N) is 6. The Balaban J connectivity index is 1.44. The minimum absolute atomic E-state index is 0.194. The van der Waals surface area contributed by atoms with Crippen molar-refractivity contribution in [3.8, 4) is 5.82 Å². The van der Waals surface area contributed by atoms with Gasteiger partial charge < -0.3 is 15.0 Å². The first-order valence-electron chi connectivity index (χ1n) is 12.5. The predicted octanol–water partition coefficient (Wildman–Crippen LogP) is 4.73. The average Bonchev–Trinajstić information content (AvgIpc) is 3.15. The van der Waals surface area contributed by atoms with Crippen molar-refractivity contribution < 1.29 is 13.9 Å². The van der Waals surface area contributed by atoms with Gasteiger partial charge in [-0.15, -0.1) is 0 Å². The molecular formula is C27H30FN7O3. The minimum Gasteiger partial charge on any atom is -0.444 e. The fraction of sp³-hybridized carbons (Fsp3) is 0.370. The molecular weight excluding hydrogens is 489 g/mol. The zero-order valence-corrected chi connectivity index (χ0v) is 22.0. The highest BCUT2D eigenvalue weighted by Gasteiger charge is 2.26. The molecule has 0 spiro atoms. The van der Waals surface area contributed by atoms with Gasteiger partial charge in [0.1, 0.15) is 16.8 Å². The SMILES string of the molecule is CC(C)n1c(=O)c2cnc(Nc3ccc4c(c3)CCN(C(=O)OC(C)(C)C)C4)nc2n1-c1ccc(F)cn1. The van der Waals surface area contributed by atoms with E-state index in [0.717, 1.165) is 23.0 Å². The fourth-order valence-electron chi connectivity index (χ4n) is 4.48. The Morgan fingerprint density at radius 1 is 1.11 bits per heavy atom. The van der Waals surface area contributed by atoms with Crippen LogP contribution >= 0.6 is 0 Å². The van der Waals surface area contributed by atoms with Gasteiger partial charge in [-0.3, -0.25) is 4.79 Å². The number of pyridine rings is 1. The number of halogens is 1. The number of fused-ring (bicyclic) bond motifs is 2. The summed E-state index contributed by atoms with van der Waals surface area (Å²) >= 11 is 0. The van der Waals surface area contributed by atoms with Gasteiger partial charge >= 0.3 is 6.09 Å². The summed E-state index contributed by atoms with van der Waals surface area (Å²) in [5, 5.41) is 3.56. The Kier molecular flexibility index (Phi) is 6.38. The van der Waals surface area contributed by atoms with Gasteiger partial charge in [0.15, 0.2) is 11.5 Å². The van der Waals surface area contributed by atoms with Crippen molar-refractivity contribution >= 4 is 28.8 Å². The summed E-state index contributed by atoms with van der Waals surface area (Å²) in [6, 6.07) is 8.50. The third-order valence-electron chi connectivity index (χ3n) is 6.17. The standard InChI is InChI=1S/C27H30FN7O3/c1-16(2)34-24(36)21-14-30-25(32-23(21)35(34)22-9-7-19(28)13-29-22)31-20-8-6-18-15-33(11-10-17(18)12-20)26(37)38-27(3,4)5/h6-9,12-14,16H,10-11,15H2,1-5H3,(H,30,31,32). The number of carbonyl (C=O) groups is 1. The molecule has 1 aliphatic rings. The first-order chi connectivity index (χ1) is 18.0. The number of hydrogen-bond acceptors (Lipinski definition) is 7. The molecule has 0 bridgehead atoms. The Labute approximate surface area is 219 Å². The van der Waals surface area contributed by atoms with E-state index < -0.39 is 11.4 Å². The van der Waals surface area contributed by atoms with Gasteiger partial charge in [-0.2, -0.15) is 4.98 Å². The number of nitrogens with one attached hydrogen (secondary N) is 1. The van der Waals surface area contributed by atoms with Gasteiger partial charge in [0.25, 0.3) is 5.56 Å². The summed E-state index contributed by atoms with van der Waals surface area (Å²) in [6.07, 6.45) is 2.97. The molecule has 198 valence electrons. The topological polar surface area (TPSA) is 107 Å². The Bertz CT molecular complexity index is 1570. The van der Waals surface area contributed by atoms with Gasteiger partial charge in [-0.1, -0.05) is 6.07 Å². The maximum Gasteiger partial charge on any atom is 0.410 e. The number of amides is 1. The minimum atomic E-state index is -0.542. The maximum absolute atomic E-state index is 13.5. The van der Waals surface area contributed by atoms with Crippen molar-refractivity contribution in [2.75, 3.05) is 11.9 Å². The van der Waals surface area contributed by atoms with Crippen LogP contribution in [0, 0.1) is 5.82 Å². The Morgan fingerprint density at radius 2 is 1.89 bits per heavy atom. The normalized spacial score (nSPS) is 13.6. The van der Waals surface area contributed by atoms with Crippen LogP contribution in [0.15, 0.2) is 47.5 Å². The van der Waals surface area contributed by atoms with Crippen LogP contribution in [0.25, 0.3) is 16.9 Å². The van der Waals surface area contributed by atoms with Crippen molar-refractivity contribution in [2.45, 2.75) is 59.2 Å². The Morgan fingerprint density at radius 3 is 2.58 bits per heavy atom. The number of ether oxygens (including phenoxy) is 1. The number of anilines is 2. The molecule has 10 nitrogen and oxygen atoms in total. The number of hydrogen-bond donors (Lipinski definition) is 1. The number of rotatable bonds is 4. The second-order valence-corrected chi connectivity index (χ2v) is 10.6. The highest BCUT2D eigenvalue weighted by Crippen LogP contribution is 2.26. The van der Waals surface area contributed by atoms with Crippen molar-refractivity contribution in [1.82, 2.24) is 29.2 Å². The molecule has 0 radical (unpaired) electrons. The first kappa shape index (κ1) is 25.4. The lowest BCUT2D eigenvalue weighted by molar-refractivity contribution is 0.0224. The van der Waals surface area contributed by atoms with E-state index in [-0.39, 0.29) is 17.7 Å². The quantitative estimate of drug-likeness (QED) is 0.415. The number of aromatic nitrogens is 5. The molecule has 0 fully saturated rings. The first-order valence-corrected chi connectivity index (χ1v) is 12.5. The summed E-state index contributed by atoms with van der Waals surface area (Å²) in [7, 11) is 0. The van der Waals surface area contributed by atoms with E-state index in [1.54, 1.807) is 9.58 Å². The lowest BCUT2D eigenvalue weighted by Gasteiger charge is -2.31. The lowest BCUT2D eigenvalue weighted by atomic mass is 9.99. The third kappa shape index (κ3) is 4.96. The molecule has 1 amide bonds. The molecule has 0 atom stereocenters. The molecule has 1 N–H and O–H groups in total. The van der Waals surface area contributed by atoms with Crippen LogP contribution in [0.1, 0.15) is 51.8 Å². The van der Waals surface area contributed by atoms with Gasteiger partial charge in [-0.25, -0.2) is 28.5 Å². The third-order valence-corrected chi connectivity index (χ3v) is 6.17. The van der Waals surface area contributed by atoms with Gasteiger partial charge in [0.05, 0.1) is 6.20 Å². The van der Waals surface area contributed by atoms with Crippen LogP contribution in [-0.4, -0.2) is 47.5 Å². The van der Waals surface area contributed by atoms with E-state index in [4.69, 9.17) is 4.74 Å². The molecule has 4 aromatic rings. The van der Waals surface area contributed by atoms with Crippen LogP contribution < -0.4 is 10.9 Å². The largest absolute Gasteiger partial charge is 0.444 e. The maximum atomic E-state index is 13.5. The molecule has 1 aliphatic heterocycles. The van der Waals surface area contributed by atoms with Crippen molar-refractivity contribution in [3.05, 3.63) is 70.0 Å². The zero-order valence-electron chi connectivity index (χ0n) is 22.0. The van der Waals surface area contributed by atoms with E-state index >= 15 is 0 Å². The number of carbonyl (C=O) groups excluding carboxylic acids is 1. The van der Waals surface area contributed by atoms with Crippen molar-refractivity contribution in [2.24, 2.45) is 0 Å². The Hall–Kier alpha value is -4.28. The molecule has 1 aromatic carbocycles. The summed E-state index contributed by atoms with van der Waals surface area (Å²) < 4.78 is 22.2. The molecule has 11 heteroatoms. The van der Waals surface area contributed by atoms with E-state index in [1.807, 2.05) is 52.8 Å². The molecule has 0 unspecified atom stereocenters. The molecule has 0 aliphatic carbocycles. The van der Waals surface area contributed by atoms with Gasteiger partial charge in [0, 0.05) is 31.0 Å². The molecule has 3 aromatic heterocycles. The summed E-state index contributed by atoms with van der Waals surface area (Å²) in [5.41, 5.74) is 2.52. The average molecular weight is 520 g/mol. The second kappa shape index (κ2) is 9.55. The van der Waals surface area contributed by atoms with Crippen molar-refractivity contribution in [3.63, 3.8) is 0 Å². The van der Waals surface area contributed by atoms with Gasteiger partial charge in [-0.05, 0) is 76.4 Å². The van der Waals surface area contributed by atoms with Crippen LogP contribution in [0.3, 0.4) is 0 Å².